The predicted molar refractivity (Wildman–Crippen MR) is 158 cm³/mol. The van der Waals surface area contributed by atoms with Crippen LogP contribution in [-0.4, -0.2) is 35.0 Å². The number of aromatic nitrogens is 1. The van der Waals surface area contributed by atoms with Crippen LogP contribution >= 0.6 is 11.3 Å². The summed E-state index contributed by atoms with van der Waals surface area (Å²) in [5.74, 6) is -0.273. The number of aryl methyl sites for hydroxylation is 2. The van der Waals surface area contributed by atoms with Crippen LogP contribution in [0.2, 0.25) is 0 Å². The molecule has 1 aliphatic rings. The summed E-state index contributed by atoms with van der Waals surface area (Å²) in [5.41, 5.74) is 3.65. The van der Waals surface area contributed by atoms with Gasteiger partial charge in [0.1, 0.15) is 17.3 Å². The van der Waals surface area contributed by atoms with Crippen LogP contribution < -0.4 is 14.4 Å². The number of Topliss-reactive ketones (excluding diaryl/α,β-unsaturated/α-hetero) is 1. The first-order valence-electron chi connectivity index (χ1n) is 13.5. The summed E-state index contributed by atoms with van der Waals surface area (Å²) in [6.07, 6.45) is 1.97. The fourth-order valence-corrected chi connectivity index (χ4v) is 5.83. The number of nitrogens with zero attached hydrogens (tertiary/aromatic N) is 2. The number of hydrogen-bond acceptors (Lipinski definition) is 7. The summed E-state index contributed by atoms with van der Waals surface area (Å²) >= 11 is 1.30. The van der Waals surface area contributed by atoms with Gasteiger partial charge in [0.25, 0.3) is 5.78 Å². The van der Waals surface area contributed by atoms with Gasteiger partial charge in [0, 0.05) is 5.56 Å². The fourth-order valence-electron chi connectivity index (χ4n) is 4.81. The van der Waals surface area contributed by atoms with E-state index in [0.717, 1.165) is 28.7 Å². The van der Waals surface area contributed by atoms with E-state index in [1.807, 2.05) is 81.4 Å². The highest BCUT2D eigenvalue weighted by Gasteiger charge is 2.48. The minimum atomic E-state index is -0.864. The molecule has 1 atom stereocenters. The number of carbonyl (C=O) groups is 2. The van der Waals surface area contributed by atoms with Crippen molar-refractivity contribution in [2.75, 3.05) is 18.1 Å². The number of aliphatic hydroxyl groups excluding tert-OH is 1. The number of thiazole rings is 1. The van der Waals surface area contributed by atoms with Crippen molar-refractivity contribution in [3.8, 4) is 11.5 Å². The van der Waals surface area contributed by atoms with E-state index < -0.39 is 17.7 Å². The van der Waals surface area contributed by atoms with Gasteiger partial charge >= 0.3 is 5.91 Å². The monoisotopic (exact) mass is 556 g/mol. The highest BCUT2D eigenvalue weighted by molar-refractivity contribution is 7.22. The second-order valence-corrected chi connectivity index (χ2v) is 10.8. The fraction of sp³-hybridized carbons (Fsp3) is 0.281. The molecule has 0 spiro atoms. The van der Waals surface area contributed by atoms with Crippen LogP contribution in [0.15, 0.2) is 66.2 Å². The highest BCUT2D eigenvalue weighted by Crippen LogP contribution is 2.45. The van der Waals surface area contributed by atoms with E-state index >= 15 is 0 Å². The predicted octanol–water partition coefficient (Wildman–Crippen LogP) is 7.12. The summed E-state index contributed by atoms with van der Waals surface area (Å²) in [6, 6.07) is 17.7. The van der Waals surface area contributed by atoms with Crippen LogP contribution in [0.5, 0.6) is 11.5 Å². The van der Waals surface area contributed by atoms with Crippen molar-refractivity contribution in [3.63, 3.8) is 0 Å². The molecule has 1 aromatic heterocycles. The Kier molecular flexibility index (Phi) is 7.89. The number of unbranched alkanes of at least 4 members (excludes halogenated alkanes) is 1. The summed E-state index contributed by atoms with van der Waals surface area (Å²) in [6.45, 7) is 8.94. The molecule has 0 bridgehead atoms. The Morgan fingerprint density at radius 1 is 0.975 bits per heavy atom. The maximum Gasteiger partial charge on any atom is 0.301 e. The Morgan fingerprint density at radius 3 is 2.45 bits per heavy atom. The van der Waals surface area contributed by atoms with E-state index in [9.17, 15) is 14.7 Å². The van der Waals surface area contributed by atoms with Crippen LogP contribution in [0, 0.1) is 13.8 Å². The molecule has 1 saturated heterocycles. The third kappa shape index (κ3) is 5.19. The molecule has 3 aromatic carbocycles. The molecule has 1 N–H and O–H groups in total. The molecule has 0 aliphatic carbocycles. The summed E-state index contributed by atoms with van der Waals surface area (Å²) in [5, 5.41) is 11.9. The molecule has 1 fully saturated rings. The number of hydrogen-bond donors (Lipinski definition) is 1. The number of benzene rings is 3. The zero-order valence-corrected chi connectivity index (χ0v) is 23.9. The molecule has 206 valence electrons. The van der Waals surface area contributed by atoms with Crippen LogP contribution in [0.1, 0.15) is 55.0 Å². The second-order valence-electron chi connectivity index (χ2n) is 9.82. The third-order valence-electron chi connectivity index (χ3n) is 6.92. The van der Waals surface area contributed by atoms with E-state index in [-0.39, 0.29) is 11.3 Å². The van der Waals surface area contributed by atoms with Crippen molar-refractivity contribution in [2.45, 2.75) is 46.6 Å². The first-order chi connectivity index (χ1) is 19.3. The molecule has 40 heavy (non-hydrogen) atoms. The van der Waals surface area contributed by atoms with Crippen molar-refractivity contribution in [3.05, 3.63) is 88.5 Å². The Bertz CT molecular complexity index is 1610. The van der Waals surface area contributed by atoms with E-state index in [1.54, 1.807) is 0 Å². The lowest BCUT2D eigenvalue weighted by atomic mass is 9.93. The molecule has 4 aromatic rings. The third-order valence-corrected chi connectivity index (χ3v) is 7.94. The van der Waals surface area contributed by atoms with Gasteiger partial charge in [-0.3, -0.25) is 14.5 Å². The summed E-state index contributed by atoms with van der Waals surface area (Å²) in [4.78, 5) is 33.3. The molecule has 5 rings (SSSR count). The standard InChI is InChI=1S/C32H32N2O5S/c1-5-7-16-39-22-12-10-21(11-13-22)28-27(29(35)24-17-19(3)8-9-20(24)4)30(36)31(37)34(28)32-33-25-15-14-23(38-6-2)18-26(25)40-32/h8-15,17-18,28,35H,5-7,16H2,1-4H3/b29-27+. The van der Waals surface area contributed by atoms with E-state index in [2.05, 4.69) is 6.92 Å². The lowest BCUT2D eigenvalue weighted by Crippen LogP contribution is -2.29. The van der Waals surface area contributed by atoms with Crippen molar-refractivity contribution >= 4 is 44.1 Å². The van der Waals surface area contributed by atoms with Crippen LogP contribution in [0.25, 0.3) is 16.0 Å². The molecule has 0 saturated carbocycles. The highest BCUT2D eigenvalue weighted by atomic mass is 32.1. The molecule has 2 heterocycles. The molecule has 0 radical (unpaired) electrons. The molecular formula is C32H32N2O5S. The maximum absolute atomic E-state index is 13.6. The number of rotatable bonds is 9. The van der Waals surface area contributed by atoms with Crippen LogP contribution in [0.3, 0.4) is 0 Å². The number of ketones is 1. The van der Waals surface area contributed by atoms with Crippen LogP contribution in [-0.2, 0) is 9.59 Å². The molecule has 7 nitrogen and oxygen atoms in total. The number of carbonyl (C=O) groups excluding carboxylic acids is 2. The molecule has 1 aliphatic heterocycles. The van der Waals surface area contributed by atoms with Crippen LogP contribution in [0.4, 0.5) is 5.13 Å². The van der Waals surface area contributed by atoms with E-state index in [1.165, 1.54) is 16.2 Å². The van der Waals surface area contributed by atoms with Gasteiger partial charge in [-0.05, 0) is 74.7 Å². The smallest absolute Gasteiger partial charge is 0.301 e. The van der Waals surface area contributed by atoms with Gasteiger partial charge in [0.15, 0.2) is 5.13 Å². The zero-order chi connectivity index (χ0) is 28.4. The van der Waals surface area contributed by atoms with Gasteiger partial charge in [0.05, 0.1) is 35.0 Å². The Morgan fingerprint density at radius 2 is 1.73 bits per heavy atom. The van der Waals surface area contributed by atoms with Gasteiger partial charge in [-0.2, -0.15) is 0 Å². The lowest BCUT2D eigenvalue weighted by molar-refractivity contribution is -0.132. The number of amides is 1. The Hall–Kier alpha value is -4.17. The SMILES string of the molecule is CCCCOc1ccc(C2/C(=C(\O)c3cc(C)ccc3C)C(=O)C(=O)N2c2nc3ccc(OCC)cc3s2)cc1. The molecular weight excluding hydrogens is 524 g/mol. The lowest BCUT2D eigenvalue weighted by Gasteiger charge is -2.23. The second kappa shape index (κ2) is 11.5. The minimum Gasteiger partial charge on any atom is -0.507 e. The number of fused-ring (bicyclic) bond motifs is 1. The van der Waals surface area contributed by atoms with Crippen molar-refractivity contribution in [1.29, 1.82) is 0 Å². The number of ether oxygens (including phenoxy) is 2. The van der Waals surface area contributed by atoms with E-state index in [4.69, 9.17) is 14.5 Å². The van der Waals surface area contributed by atoms with Gasteiger partial charge in [-0.15, -0.1) is 0 Å². The Balaban J connectivity index is 1.65. The first kappa shape index (κ1) is 27.4. The van der Waals surface area contributed by atoms with Gasteiger partial charge in [-0.1, -0.05) is 54.5 Å². The molecule has 1 amide bonds. The quantitative estimate of drug-likeness (QED) is 0.102. The van der Waals surface area contributed by atoms with Crippen molar-refractivity contribution < 1.29 is 24.2 Å². The zero-order valence-electron chi connectivity index (χ0n) is 23.1. The summed E-state index contributed by atoms with van der Waals surface area (Å²) in [7, 11) is 0. The maximum atomic E-state index is 13.6. The minimum absolute atomic E-state index is 0.0348. The topological polar surface area (TPSA) is 89.0 Å². The van der Waals surface area contributed by atoms with Gasteiger partial charge in [0.2, 0.25) is 0 Å². The molecule has 8 heteroatoms. The van der Waals surface area contributed by atoms with E-state index in [0.29, 0.717) is 46.5 Å². The summed E-state index contributed by atoms with van der Waals surface area (Å²) < 4.78 is 12.3. The average Bonchev–Trinajstić information content (AvgIpc) is 3.48. The number of anilines is 1. The Labute approximate surface area is 237 Å². The molecule has 1 unspecified atom stereocenters. The van der Waals surface area contributed by atoms with Gasteiger partial charge < -0.3 is 14.6 Å². The van der Waals surface area contributed by atoms with Crippen molar-refractivity contribution in [2.24, 2.45) is 0 Å². The van der Waals surface area contributed by atoms with Crippen molar-refractivity contribution in [1.82, 2.24) is 4.98 Å². The first-order valence-corrected chi connectivity index (χ1v) is 14.3. The van der Waals surface area contributed by atoms with Gasteiger partial charge in [-0.25, -0.2) is 4.98 Å². The number of aliphatic hydroxyl groups is 1. The largest absolute Gasteiger partial charge is 0.507 e. The normalized spacial score (nSPS) is 16.6. The average molecular weight is 557 g/mol.